The molecule has 122 valence electrons. The van der Waals surface area contributed by atoms with Gasteiger partial charge < -0.3 is 15.2 Å². The van der Waals surface area contributed by atoms with Crippen molar-refractivity contribution in [1.82, 2.24) is 15.0 Å². The zero-order valence-electron chi connectivity index (χ0n) is 12.3. The van der Waals surface area contributed by atoms with Gasteiger partial charge >= 0.3 is 0 Å². The Morgan fingerprint density at radius 1 is 1.30 bits per heavy atom. The summed E-state index contributed by atoms with van der Waals surface area (Å²) in [5, 5.41) is 0.289. The van der Waals surface area contributed by atoms with Gasteiger partial charge in [0.2, 0.25) is 11.8 Å². The van der Waals surface area contributed by atoms with Crippen molar-refractivity contribution in [3.63, 3.8) is 0 Å². The number of aromatic nitrogens is 3. The molecule has 0 spiro atoms. The first-order chi connectivity index (χ1) is 11.1. The summed E-state index contributed by atoms with van der Waals surface area (Å²) >= 11 is 6.03. The van der Waals surface area contributed by atoms with Crippen LogP contribution >= 0.6 is 11.6 Å². The van der Waals surface area contributed by atoms with Gasteiger partial charge in [-0.25, -0.2) is 9.97 Å². The van der Waals surface area contributed by atoms with Gasteiger partial charge in [0.05, 0.1) is 28.6 Å². The summed E-state index contributed by atoms with van der Waals surface area (Å²) in [6.07, 6.45) is 5.65. The van der Waals surface area contributed by atoms with Crippen LogP contribution in [0.15, 0.2) is 24.7 Å². The van der Waals surface area contributed by atoms with Crippen LogP contribution < -0.4 is 10.5 Å². The summed E-state index contributed by atoms with van der Waals surface area (Å²) in [6, 6.07) is 1.21. The van der Waals surface area contributed by atoms with Gasteiger partial charge in [-0.1, -0.05) is 11.6 Å². The molecule has 6 nitrogen and oxygen atoms in total. The molecule has 1 fully saturated rings. The van der Waals surface area contributed by atoms with Crippen molar-refractivity contribution in [3.8, 4) is 17.1 Å². The van der Waals surface area contributed by atoms with Crippen molar-refractivity contribution in [2.24, 2.45) is 5.73 Å². The second-order valence-electron chi connectivity index (χ2n) is 5.49. The molecule has 2 aromatic rings. The van der Waals surface area contributed by atoms with E-state index >= 15 is 0 Å². The molecule has 3 heterocycles. The number of hydrogen-bond donors (Lipinski definition) is 1. The van der Waals surface area contributed by atoms with Crippen molar-refractivity contribution < 1.29 is 13.9 Å². The van der Waals surface area contributed by atoms with E-state index in [-0.39, 0.29) is 5.02 Å². The summed E-state index contributed by atoms with van der Waals surface area (Å²) in [4.78, 5) is 11.9. The SMILES string of the molecule is NC1(COc2cncc(-c3cc(F)ncc3Cl)n2)CCOCC1. The summed E-state index contributed by atoms with van der Waals surface area (Å²) in [5.74, 6) is -0.326. The Balaban J connectivity index is 1.76. The van der Waals surface area contributed by atoms with Crippen LogP contribution in [0.1, 0.15) is 12.8 Å². The third-order valence-electron chi connectivity index (χ3n) is 3.71. The van der Waals surface area contributed by atoms with Crippen molar-refractivity contribution in [1.29, 1.82) is 0 Å². The summed E-state index contributed by atoms with van der Waals surface area (Å²) < 4.78 is 24.3. The van der Waals surface area contributed by atoms with E-state index in [2.05, 4.69) is 15.0 Å². The maximum atomic E-state index is 13.3. The molecule has 1 aliphatic heterocycles. The third kappa shape index (κ3) is 3.93. The van der Waals surface area contributed by atoms with Crippen molar-refractivity contribution in [2.75, 3.05) is 19.8 Å². The molecular weight excluding hydrogens is 323 g/mol. The third-order valence-corrected chi connectivity index (χ3v) is 4.01. The number of hydrogen-bond acceptors (Lipinski definition) is 6. The lowest BCUT2D eigenvalue weighted by molar-refractivity contribution is 0.0335. The minimum Gasteiger partial charge on any atom is -0.475 e. The lowest BCUT2D eigenvalue weighted by atomic mass is 9.92. The Morgan fingerprint density at radius 2 is 2.09 bits per heavy atom. The second kappa shape index (κ2) is 6.74. The highest BCUT2D eigenvalue weighted by Crippen LogP contribution is 2.27. The number of pyridine rings is 1. The van der Waals surface area contributed by atoms with E-state index in [9.17, 15) is 4.39 Å². The van der Waals surface area contributed by atoms with Crippen LogP contribution in [0, 0.1) is 5.95 Å². The van der Waals surface area contributed by atoms with E-state index in [0.717, 1.165) is 12.8 Å². The minimum absolute atomic E-state index is 0.289. The topological polar surface area (TPSA) is 83.2 Å². The van der Waals surface area contributed by atoms with E-state index in [0.29, 0.717) is 37.0 Å². The van der Waals surface area contributed by atoms with Crippen molar-refractivity contribution >= 4 is 11.6 Å². The molecule has 0 aromatic carbocycles. The molecule has 1 saturated heterocycles. The smallest absolute Gasteiger partial charge is 0.232 e. The Hall–Kier alpha value is -1.83. The Morgan fingerprint density at radius 3 is 2.87 bits per heavy atom. The molecule has 1 aliphatic rings. The summed E-state index contributed by atoms with van der Waals surface area (Å²) in [6.45, 7) is 1.56. The molecular formula is C15H16ClFN4O2. The van der Waals surface area contributed by atoms with Gasteiger partial charge in [0.15, 0.2) is 0 Å². The van der Waals surface area contributed by atoms with Gasteiger partial charge in [-0.15, -0.1) is 0 Å². The molecule has 0 atom stereocenters. The van der Waals surface area contributed by atoms with Gasteiger partial charge in [0.1, 0.15) is 6.61 Å². The quantitative estimate of drug-likeness (QED) is 0.861. The molecule has 2 aromatic heterocycles. The first-order valence-corrected chi connectivity index (χ1v) is 7.56. The van der Waals surface area contributed by atoms with Crippen LogP contribution in [-0.2, 0) is 4.74 Å². The van der Waals surface area contributed by atoms with E-state index < -0.39 is 11.5 Å². The molecule has 0 saturated carbocycles. The first-order valence-electron chi connectivity index (χ1n) is 7.19. The number of halogens is 2. The molecule has 3 rings (SSSR count). The molecule has 0 bridgehead atoms. The molecule has 23 heavy (non-hydrogen) atoms. The fraction of sp³-hybridized carbons (Fsp3) is 0.400. The number of nitrogens with two attached hydrogens (primary N) is 1. The van der Waals surface area contributed by atoms with Gasteiger partial charge in [-0.2, -0.15) is 4.39 Å². The predicted octanol–water partition coefficient (Wildman–Crippen LogP) is 2.22. The zero-order chi connectivity index (χ0) is 16.3. The summed E-state index contributed by atoms with van der Waals surface area (Å²) in [5.41, 5.74) is 6.65. The molecule has 0 aliphatic carbocycles. The van der Waals surface area contributed by atoms with Gasteiger partial charge in [0, 0.05) is 31.0 Å². The molecule has 2 N–H and O–H groups in total. The van der Waals surface area contributed by atoms with E-state index in [1.54, 1.807) is 0 Å². The highest BCUT2D eigenvalue weighted by molar-refractivity contribution is 6.33. The largest absolute Gasteiger partial charge is 0.475 e. The van der Waals surface area contributed by atoms with Crippen LogP contribution in [-0.4, -0.2) is 40.3 Å². The number of ether oxygens (including phenoxy) is 2. The van der Waals surface area contributed by atoms with Crippen LogP contribution in [0.5, 0.6) is 5.88 Å². The summed E-state index contributed by atoms with van der Waals surface area (Å²) in [7, 11) is 0. The lowest BCUT2D eigenvalue weighted by Crippen LogP contribution is -2.49. The second-order valence-corrected chi connectivity index (χ2v) is 5.90. The average Bonchev–Trinajstić information content (AvgIpc) is 2.56. The average molecular weight is 339 g/mol. The molecule has 8 heteroatoms. The van der Waals surface area contributed by atoms with Crippen molar-refractivity contribution in [2.45, 2.75) is 18.4 Å². The highest BCUT2D eigenvalue weighted by atomic mass is 35.5. The highest BCUT2D eigenvalue weighted by Gasteiger charge is 2.29. The molecule has 0 radical (unpaired) electrons. The lowest BCUT2D eigenvalue weighted by Gasteiger charge is -2.32. The van der Waals surface area contributed by atoms with E-state index in [4.69, 9.17) is 26.8 Å². The predicted molar refractivity (Wildman–Crippen MR) is 82.7 cm³/mol. The fourth-order valence-electron chi connectivity index (χ4n) is 2.30. The Labute approximate surface area is 137 Å². The van der Waals surface area contributed by atoms with E-state index in [1.165, 1.54) is 24.7 Å². The van der Waals surface area contributed by atoms with Crippen molar-refractivity contribution in [3.05, 3.63) is 35.6 Å². The Kier molecular flexibility index (Phi) is 4.70. The van der Waals surface area contributed by atoms with Crippen LogP contribution in [0.3, 0.4) is 0 Å². The molecule has 0 unspecified atom stereocenters. The fourth-order valence-corrected chi connectivity index (χ4v) is 2.50. The number of rotatable bonds is 4. The monoisotopic (exact) mass is 338 g/mol. The van der Waals surface area contributed by atoms with Gasteiger partial charge in [-0.05, 0) is 12.8 Å². The van der Waals surface area contributed by atoms with Crippen LogP contribution in [0.25, 0.3) is 11.3 Å². The van der Waals surface area contributed by atoms with Gasteiger partial charge in [0.25, 0.3) is 0 Å². The zero-order valence-corrected chi connectivity index (χ0v) is 13.1. The van der Waals surface area contributed by atoms with E-state index in [1.807, 2.05) is 0 Å². The standard InChI is InChI=1S/C15H16ClFN4O2/c16-11-6-20-13(17)5-10(11)12-7-19-8-14(21-12)23-9-15(18)1-3-22-4-2-15/h5-8H,1-4,9,18H2. The van der Waals surface area contributed by atoms with Gasteiger partial charge in [-0.3, -0.25) is 4.98 Å². The maximum Gasteiger partial charge on any atom is 0.232 e. The first kappa shape index (κ1) is 16.0. The Bertz CT molecular complexity index is 695. The van der Waals surface area contributed by atoms with Crippen LogP contribution in [0.2, 0.25) is 5.02 Å². The molecule has 0 amide bonds. The maximum absolute atomic E-state index is 13.3. The minimum atomic E-state index is -0.638. The number of nitrogens with zero attached hydrogens (tertiary/aromatic N) is 3. The van der Waals surface area contributed by atoms with Crippen LogP contribution in [0.4, 0.5) is 4.39 Å². The normalized spacial score (nSPS) is 17.0.